The molecule has 3 heteroatoms. The minimum atomic E-state index is -0.139. The first kappa shape index (κ1) is 14.5. The van der Waals surface area contributed by atoms with Gasteiger partial charge in [-0.25, -0.2) is 4.39 Å². The summed E-state index contributed by atoms with van der Waals surface area (Å²) >= 11 is 3.42. The third kappa shape index (κ3) is 3.70. The first-order valence-electron chi connectivity index (χ1n) is 6.03. The fourth-order valence-electron chi connectivity index (χ4n) is 2.12. The van der Waals surface area contributed by atoms with Gasteiger partial charge in [0, 0.05) is 18.4 Å². The summed E-state index contributed by atoms with van der Waals surface area (Å²) in [4.78, 5) is 2.05. The first-order valence-corrected chi connectivity index (χ1v) is 7.15. The summed E-state index contributed by atoms with van der Waals surface area (Å²) in [6.07, 6.45) is 1.06. The van der Waals surface area contributed by atoms with Crippen molar-refractivity contribution in [1.82, 2.24) is 0 Å². The smallest absolute Gasteiger partial charge is 0.146 e. The van der Waals surface area contributed by atoms with E-state index in [-0.39, 0.29) is 5.82 Å². The Labute approximate surface area is 112 Å². The minimum absolute atomic E-state index is 0.139. The zero-order valence-electron chi connectivity index (χ0n) is 11.0. The van der Waals surface area contributed by atoms with Crippen LogP contribution in [0.1, 0.15) is 32.8 Å². The van der Waals surface area contributed by atoms with E-state index in [9.17, 15) is 4.39 Å². The Morgan fingerprint density at radius 2 is 1.94 bits per heavy atom. The predicted molar refractivity (Wildman–Crippen MR) is 76.4 cm³/mol. The number of rotatable bonds is 5. The van der Waals surface area contributed by atoms with Gasteiger partial charge in [0.05, 0.1) is 5.69 Å². The van der Waals surface area contributed by atoms with E-state index in [0.29, 0.717) is 17.3 Å². The van der Waals surface area contributed by atoms with Crippen molar-refractivity contribution < 1.29 is 4.39 Å². The van der Waals surface area contributed by atoms with Crippen LogP contribution in [0.25, 0.3) is 0 Å². The highest BCUT2D eigenvalue weighted by molar-refractivity contribution is 9.08. The van der Waals surface area contributed by atoms with Gasteiger partial charge in [-0.3, -0.25) is 0 Å². The molecule has 0 saturated carbocycles. The van der Waals surface area contributed by atoms with Crippen LogP contribution in [0.5, 0.6) is 0 Å². The Morgan fingerprint density at radius 1 is 1.29 bits per heavy atom. The third-order valence-corrected chi connectivity index (χ3v) is 3.64. The van der Waals surface area contributed by atoms with Gasteiger partial charge in [-0.15, -0.1) is 0 Å². The summed E-state index contributed by atoms with van der Waals surface area (Å²) in [7, 11) is 1.97. The number of nitrogens with zero attached hydrogens (tertiary/aromatic N) is 1. The highest BCUT2D eigenvalue weighted by Gasteiger charge is 2.17. The summed E-state index contributed by atoms with van der Waals surface area (Å²) in [5.41, 5.74) is 1.72. The van der Waals surface area contributed by atoms with Crippen molar-refractivity contribution in [3.63, 3.8) is 0 Å². The topological polar surface area (TPSA) is 3.24 Å². The maximum Gasteiger partial charge on any atom is 0.146 e. The van der Waals surface area contributed by atoms with Crippen molar-refractivity contribution in [2.24, 2.45) is 5.92 Å². The van der Waals surface area contributed by atoms with Gasteiger partial charge < -0.3 is 4.90 Å². The van der Waals surface area contributed by atoms with Gasteiger partial charge in [0.1, 0.15) is 5.82 Å². The van der Waals surface area contributed by atoms with Crippen LogP contribution in [0.3, 0.4) is 0 Å². The minimum Gasteiger partial charge on any atom is -0.369 e. The van der Waals surface area contributed by atoms with E-state index in [1.807, 2.05) is 18.0 Å². The SMILES string of the molecule is CC(C)CC(C)N(C)c1c(F)cccc1CBr. The largest absolute Gasteiger partial charge is 0.369 e. The van der Waals surface area contributed by atoms with Gasteiger partial charge in [0.15, 0.2) is 0 Å². The van der Waals surface area contributed by atoms with Gasteiger partial charge in [-0.2, -0.15) is 0 Å². The molecular formula is C14H21BrFN. The molecule has 1 aromatic carbocycles. The van der Waals surface area contributed by atoms with E-state index < -0.39 is 0 Å². The summed E-state index contributed by atoms with van der Waals surface area (Å²) in [6.45, 7) is 6.53. The third-order valence-electron chi connectivity index (χ3n) is 3.04. The zero-order chi connectivity index (χ0) is 13.0. The quantitative estimate of drug-likeness (QED) is 0.719. The second-order valence-electron chi connectivity index (χ2n) is 4.97. The average Bonchev–Trinajstić information content (AvgIpc) is 2.26. The molecule has 0 spiro atoms. The fraction of sp³-hybridized carbons (Fsp3) is 0.571. The van der Waals surface area contributed by atoms with Gasteiger partial charge >= 0.3 is 0 Å². The van der Waals surface area contributed by atoms with Crippen molar-refractivity contribution >= 4 is 21.6 Å². The van der Waals surface area contributed by atoms with Crippen LogP contribution in [0, 0.1) is 11.7 Å². The van der Waals surface area contributed by atoms with Crippen molar-refractivity contribution in [2.75, 3.05) is 11.9 Å². The van der Waals surface area contributed by atoms with Gasteiger partial charge in [0.2, 0.25) is 0 Å². The lowest BCUT2D eigenvalue weighted by Gasteiger charge is -2.30. The van der Waals surface area contributed by atoms with E-state index in [4.69, 9.17) is 0 Å². The molecular weight excluding hydrogens is 281 g/mol. The lowest BCUT2D eigenvalue weighted by Crippen LogP contribution is -2.31. The van der Waals surface area contributed by atoms with E-state index in [1.165, 1.54) is 6.07 Å². The standard InChI is InChI=1S/C14H21BrFN/c1-10(2)8-11(3)17(4)14-12(9-15)6-5-7-13(14)16/h5-7,10-11H,8-9H2,1-4H3. The number of para-hydroxylation sites is 1. The molecule has 1 atom stereocenters. The normalized spacial score (nSPS) is 12.9. The Morgan fingerprint density at radius 3 is 2.47 bits per heavy atom. The second-order valence-corrected chi connectivity index (χ2v) is 5.53. The van der Waals surface area contributed by atoms with Crippen molar-refractivity contribution in [2.45, 2.75) is 38.6 Å². The predicted octanol–water partition coefficient (Wildman–Crippen LogP) is 4.59. The van der Waals surface area contributed by atoms with Gasteiger partial charge in [0.25, 0.3) is 0 Å². The second kappa shape index (κ2) is 6.39. The van der Waals surface area contributed by atoms with Crippen LogP contribution in [-0.2, 0) is 5.33 Å². The molecule has 17 heavy (non-hydrogen) atoms. The highest BCUT2D eigenvalue weighted by Crippen LogP contribution is 2.28. The summed E-state index contributed by atoms with van der Waals surface area (Å²) in [6, 6.07) is 5.59. The van der Waals surface area contributed by atoms with Crippen molar-refractivity contribution in [3.05, 3.63) is 29.6 Å². The Kier molecular flexibility index (Phi) is 5.44. The number of anilines is 1. The number of hydrogen-bond donors (Lipinski definition) is 0. The molecule has 1 nitrogen and oxygen atoms in total. The molecule has 0 aliphatic carbocycles. The van der Waals surface area contributed by atoms with Crippen LogP contribution in [-0.4, -0.2) is 13.1 Å². The van der Waals surface area contributed by atoms with Crippen molar-refractivity contribution in [1.29, 1.82) is 0 Å². The molecule has 1 aromatic rings. The Balaban J connectivity index is 2.98. The molecule has 0 saturated heterocycles. The van der Waals surface area contributed by atoms with Crippen LogP contribution >= 0.6 is 15.9 Å². The Bertz CT molecular complexity index is 365. The molecule has 0 amide bonds. The number of benzene rings is 1. The first-order chi connectivity index (χ1) is 7.97. The molecule has 1 rings (SSSR count). The van der Waals surface area contributed by atoms with Crippen LogP contribution in [0.15, 0.2) is 18.2 Å². The van der Waals surface area contributed by atoms with E-state index in [2.05, 4.69) is 36.7 Å². The van der Waals surface area contributed by atoms with E-state index in [0.717, 1.165) is 17.7 Å². The van der Waals surface area contributed by atoms with Crippen LogP contribution in [0.4, 0.5) is 10.1 Å². The lowest BCUT2D eigenvalue weighted by atomic mass is 10.0. The summed E-state index contributed by atoms with van der Waals surface area (Å²) in [5.74, 6) is 0.478. The van der Waals surface area contributed by atoms with Crippen LogP contribution in [0.2, 0.25) is 0 Å². The lowest BCUT2D eigenvalue weighted by molar-refractivity contribution is 0.497. The molecule has 0 fully saturated rings. The molecule has 0 aliphatic rings. The number of hydrogen-bond acceptors (Lipinski definition) is 1. The summed E-state index contributed by atoms with van der Waals surface area (Å²) < 4.78 is 13.9. The molecule has 0 bridgehead atoms. The Hall–Kier alpha value is -0.570. The maximum atomic E-state index is 13.9. The molecule has 96 valence electrons. The molecule has 0 aromatic heterocycles. The molecule has 0 aliphatic heterocycles. The van der Waals surface area contributed by atoms with E-state index in [1.54, 1.807) is 6.07 Å². The molecule has 0 radical (unpaired) electrons. The molecule has 0 N–H and O–H groups in total. The van der Waals surface area contributed by atoms with Crippen molar-refractivity contribution in [3.8, 4) is 0 Å². The zero-order valence-corrected chi connectivity index (χ0v) is 12.6. The van der Waals surface area contributed by atoms with E-state index >= 15 is 0 Å². The van der Waals surface area contributed by atoms with Crippen LogP contribution < -0.4 is 4.90 Å². The molecule has 0 heterocycles. The summed E-state index contributed by atoms with van der Waals surface area (Å²) in [5, 5.41) is 0.679. The van der Waals surface area contributed by atoms with Gasteiger partial charge in [-0.1, -0.05) is 41.9 Å². The molecule has 1 unspecified atom stereocenters. The highest BCUT2D eigenvalue weighted by atomic mass is 79.9. The van der Waals surface area contributed by atoms with Gasteiger partial charge in [-0.05, 0) is 30.9 Å². The average molecular weight is 302 g/mol. The number of halogens is 2. The monoisotopic (exact) mass is 301 g/mol. The fourth-order valence-corrected chi connectivity index (χ4v) is 2.58. The maximum absolute atomic E-state index is 13.9. The number of alkyl halides is 1.